The van der Waals surface area contributed by atoms with Crippen molar-refractivity contribution in [3.05, 3.63) is 34.1 Å². The lowest BCUT2D eigenvalue weighted by atomic mass is 9.98. The van der Waals surface area contributed by atoms with Crippen molar-refractivity contribution in [3.8, 4) is 0 Å². The molecule has 0 amide bonds. The summed E-state index contributed by atoms with van der Waals surface area (Å²) in [4.78, 5) is 0. The molecule has 1 rings (SSSR count). The minimum absolute atomic E-state index is 0.107. The van der Waals surface area contributed by atoms with Crippen LogP contribution in [-0.4, -0.2) is 13.1 Å². The molecular formula is C13H19BrFN. The van der Waals surface area contributed by atoms with Crippen LogP contribution in [0.1, 0.15) is 25.8 Å². The molecule has 1 N–H and O–H groups in total. The number of halogens is 2. The van der Waals surface area contributed by atoms with Gasteiger partial charge in [0.15, 0.2) is 0 Å². The third kappa shape index (κ3) is 4.62. The molecule has 0 bridgehead atoms. The van der Waals surface area contributed by atoms with Crippen molar-refractivity contribution < 1.29 is 4.39 Å². The molecule has 0 spiro atoms. The Hall–Kier alpha value is -0.410. The molecule has 0 saturated heterocycles. The van der Waals surface area contributed by atoms with Gasteiger partial charge in [0.2, 0.25) is 0 Å². The topological polar surface area (TPSA) is 12.0 Å². The van der Waals surface area contributed by atoms with Crippen molar-refractivity contribution in [3.63, 3.8) is 0 Å². The number of hydrogen-bond donors (Lipinski definition) is 1. The molecule has 0 radical (unpaired) electrons. The molecule has 0 fully saturated rings. The number of nitrogens with one attached hydrogen (secondary N) is 1. The lowest BCUT2D eigenvalue weighted by Crippen LogP contribution is -2.17. The summed E-state index contributed by atoms with van der Waals surface area (Å²) in [5.41, 5.74) is 0.812. The van der Waals surface area contributed by atoms with E-state index in [9.17, 15) is 4.39 Å². The lowest BCUT2D eigenvalue weighted by Gasteiger charge is -2.12. The molecule has 1 atom stereocenters. The van der Waals surface area contributed by atoms with Gasteiger partial charge in [-0.05, 0) is 49.5 Å². The van der Waals surface area contributed by atoms with E-state index in [0.717, 1.165) is 36.0 Å². The van der Waals surface area contributed by atoms with Crippen molar-refractivity contribution in [2.24, 2.45) is 5.92 Å². The first-order chi connectivity index (χ1) is 7.63. The largest absolute Gasteiger partial charge is 0.317 e. The van der Waals surface area contributed by atoms with E-state index >= 15 is 0 Å². The quantitative estimate of drug-likeness (QED) is 0.786. The SMILES string of the molecule is CCNCCC(C)Cc1ccc(Br)cc1F. The summed E-state index contributed by atoms with van der Waals surface area (Å²) in [6, 6.07) is 5.30. The molecule has 16 heavy (non-hydrogen) atoms. The van der Waals surface area contributed by atoms with Gasteiger partial charge < -0.3 is 5.32 Å². The first kappa shape index (κ1) is 13.7. The van der Waals surface area contributed by atoms with Crippen molar-refractivity contribution >= 4 is 15.9 Å². The second-order valence-electron chi connectivity index (χ2n) is 4.19. The Morgan fingerprint density at radius 2 is 2.19 bits per heavy atom. The van der Waals surface area contributed by atoms with Gasteiger partial charge in [-0.1, -0.05) is 35.8 Å². The summed E-state index contributed by atoms with van der Waals surface area (Å²) in [7, 11) is 0. The summed E-state index contributed by atoms with van der Waals surface area (Å²) >= 11 is 3.26. The van der Waals surface area contributed by atoms with Gasteiger partial charge in [-0.2, -0.15) is 0 Å². The first-order valence-electron chi connectivity index (χ1n) is 5.78. The van der Waals surface area contributed by atoms with Gasteiger partial charge in [0, 0.05) is 4.47 Å². The number of benzene rings is 1. The Balaban J connectivity index is 2.46. The van der Waals surface area contributed by atoms with Gasteiger partial charge in [0.1, 0.15) is 5.82 Å². The molecule has 3 heteroatoms. The second-order valence-corrected chi connectivity index (χ2v) is 5.10. The van der Waals surface area contributed by atoms with Crippen LogP contribution in [0.5, 0.6) is 0 Å². The maximum Gasteiger partial charge on any atom is 0.127 e. The Kier molecular flexibility index (Phi) is 5.99. The Morgan fingerprint density at radius 3 is 2.81 bits per heavy atom. The monoisotopic (exact) mass is 287 g/mol. The van der Waals surface area contributed by atoms with Crippen LogP contribution in [0.2, 0.25) is 0 Å². The second kappa shape index (κ2) is 7.02. The van der Waals surface area contributed by atoms with Gasteiger partial charge in [-0.3, -0.25) is 0 Å². The molecule has 90 valence electrons. The highest BCUT2D eigenvalue weighted by Crippen LogP contribution is 2.19. The predicted molar refractivity (Wildman–Crippen MR) is 70.1 cm³/mol. The standard InChI is InChI=1S/C13H19BrFN/c1-3-16-7-6-10(2)8-11-4-5-12(14)9-13(11)15/h4-5,9-10,16H,3,6-8H2,1-2H3. The summed E-state index contributed by atoms with van der Waals surface area (Å²) in [5, 5.41) is 3.29. The van der Waals surface area contributed by atoms with Crippen LogP contribution in [0.3, 0.4) is 0 Å². The summed E-state index contributed by atoms with van der Waals surface area (Å²) in [6.45, 7) is 6.27. The van der Waals surface area contributed by atoms with E-state index in [1.54, 1.807) is 0 Å². The van der Waals surface area contributed by atoms with E-state index in [2.05, 4.69) is 35.1 Å². The van der Waals surface area contributed by atoms with Gasteiger partial charge in [0.25, 0.3) is 0 Å². The predicted octanol–water partition coefficient (Wildman–Crippen LogP) is 3.77. The lowest BCUT2D eigenvalue weighted by molar-refractivity contribution is 0.491. The summed E-state index contributed by atoms with van der Waals surface area (Å²) < 4.78 is 14.4. The van der Waals surface area contributed by atoms with Gasteiger partial charge in [0.05, 0.1) is 0 Å². The van der Waals surface area contributed by atoms with Crippen LogP contribution in [0.4, 0.5) is 4.39 Å². The van der Waals surface area contributed by atoms with Crippen LogP contribution in [0.25, 0.3) is 0 Å². The zero-order valence-electron chi connectivity index (χ0n) is 9.89. The van der Waals surface area contributed by atoms with Crippen LogP contribution < -0.4 is 5.32 Å². The van der Waals surface area contributed by atoms with E-state index in [0.29, 0.717) is 5.92 Å². The van der Waals surface area contributed by atoms with E-state index < -0.39 is 0 Å². The van der Waals surface area contributed by atoms with Crippen LogP contribution in [0, 0.1) is 11.7 Å². The zero-order valence-corrected chi connectivity index (χ0v) is 11.5. The summed E-state index contributed by atoms with van der Waals surface area (Å²) in [5.74, 6) is 0.402. The van der Waals surface area contributed by atoms with Crippen molar-refractivity contribution in [1.29, 1.82) is 0 Å². The fourth-order valence-electron chi connectivity index (χ4n) is 1.69. The normalized spacial score (nSPS) is 12.8. The minimum atomic E-state index is -0.107. The van der Waals surface area contributed by atoms with Crippen LogP contribution in [-0.2, 0) is 6.42 Å². The third-order valence-electron chi connectivity index (χ3n) is 2.65. The molecule has 0 heterocycles. The molecule has 1 aromatic rings. The van der Waals surface area contributed by atoms with Crippen molar-refractivity contribution in [2.75, 3.05) is 13.1 Å². The van der Waals surface area contributed by atoms with Crippen LogP contribution >= 0.6 is 15.9 Å². The molecule has 0 aliphatic carbocycles. The van der Waals surface area contributed by atoms with Crippen molar-refractivity contribution in [1.82, 2.24) is 5.32 Å². The molecule has 0 aliphatic heterocycles. The van der Waals surface area contributed by atoms with E-state index in [-0.39, 0.29) is 5.82 Å². The van der Waals surface area contributed by atoms with E-state index in [4.69, 9.17) is 0 Å². The Bertz CT molecular complexity index is 328. The maximum absolute atomic E-state index is 13.6. The minimum Gasteiger partial charge on any atom is -0.317 e. The Morgan fingerprint density at radius 1 is 1.44 bits per heavy atom. The average molecular weight is 288 g/mol. The van der Waals surface area contributed by atoms with Crippen LogP contribution in [0.15, 0.2) is 22.7 Å². The highest BCUT2D eigenvalue weighted by atomic mass is 79.9. The summed E-state index contributed by atoms with van der Waals surface area (Å²) in [6.07, 6.45) is 1.90. The molecule has 0 aromatic heterocycles. The molecule has 1 unspecified atom stereocenters. The fourth-order valence-corrected chi connectivity index (χ4v) is 2.02. The Labute approximate surface area is 106 Å². The first-order valence-corrected chi connectivity index (χ1v) is 6.57. The molecule has 1 aromatic carbocycles. The van der Waals surface area contributed by atoms with Gasteiger partial charge >= 0.3 is 0 Å². The number of hydrogen-bond acceptors (Lipinski definition) is 1. The van der Waals surface area contributed by atoms with Gasteiger partial charge in [-0.15, -0.1) is 0 Å². The molecule has 1 nitrogen and oxygen atoms in total. The van der Waals surface area contributed by atoms with E-state index in [1.807, 2.05) is 12.1 Å². The van der Waals surface area contributed by atoms with Crippen molar-refractivity contribution in [2.45, 2.75) is 26.7 Å². The average Bonchev–Trinajstić information content (AvgIpc) is 2.23. The fraction of sp³-hybridized carbons (Fsp3) is 0.538. The van der Waals surface area contributed by atoms with Gasteiger partial charge in [-0.25, -0.2) is 4.39 Å². The maximum atomic E-state index is 13.6. The highest BCUT2D eigenvalue weighted by molar-refractivity contribution is 9.10. The third-order valence-corrected chi connectivity index (χ3v) is 3.14. The molecule has 0 saturated carbocycles. The zero-order chi connectivity index (χ0) is 12.0. The molecule has 0 aliphatic rings. The number of rotatable bonds is 6. The highest BCUT2D eigenvalue weighted by Gasteiger charge is 2.08. The smallest absolute Gasteiger partial charge is 0.127 e. The molecular weight excluding hydrogens is 269 g/mol. The van der Waals surface area contributed by atoms with E-state index in [1.165, 1.54) is 6.07 Å².